The van der Waals surface area contributed by atoms with Gasteiger partial charge in [-0.25, -0.2) is 4.79 Å². The van der Waals surface area contributed by atoms with E-state index in [1.165, 1.54) is 13.1 Å². The summed E-state index contributed by atoms with van der Waals surface area (Å²) in [7, 11) is 1.32. The molecule has 0 atom stereocenters. The molecule has 2 aromatic carbocycles. The molecule has 1 amide bonds. The highest BCUT2D eigenvalue weighted by Gasteiger charge is 2.34. The van der Waals surface area contributed by atoms with Gasteiger partial charge in [0.15, 0.2) is 0 Å². The molecule has 8 heteroatoms. The maximum atomic E-state index is 13.0. The van der Waals surface area contributed by atoms with E-state index in [1.807, 2.05) is 12.1 Å². The van der Waals surface area contributed by atoms with Crippen molar-refractivity contribution in [2.24, 2.45) is 0 Å². The molecule has 0 saturated carbocycles. The zero-order chi connectivity index (χ0) is 20.3. The summed E-state index contributed by atoms with van der Waals surface area (Å²) in [6.45, 7) is 0. The lowest BCUT2D eigenvalue weighted by Crippen LogP contribution is -2.29. The minimum Gasteiger partial charge on any atom is -0.410 e. The molecule has 0 N–H and O–H groups in total. The third kappa shape index (κ3) is 4.43. The zero-order valence-electron chi connectivity index (χ0n) is 14.6. The number of carbonyl (C=O) groups excluding carboxylic acids is 1. The Bertz CT molecular complexity index is 994. The molecule has 0 fully saturated rings. The van der Waals surface area contributed by atoms with Crippen molar-refractivity contribution >= 4 is 23.4 Å². The number of benzene rings is 2. The maximum Gasteiger partial charge on any atom is 0.419 e. The molecule has 0 bridgehead atoms. The highest BCUT2D eigenvalue weighted by molar-refractivity contribution is 6.31. The molecule has 0 unspecified atom stereocenters. The van der Waals surface area contributed by atoms with E-state index in [0.29, 0.717) is 0 Å². The van der Waals surface area contributed by atoms with E-state index < -0.39 is 22.9 Å². The molecule has 3 rings (SSSR count). The minimum absolute atomic E-state index is 0.00476. The van der Waals surface area contributed by atoms with Crippen LogP contribution in [0.4, 0.5) is 23.7 Å². The van der Waals surface area contributed by atoms with Gasteiger partial charge in [-0.2, -0.15) is 13.2 Å². The quantitative estimate of drug-likeness (QED) is 0.531. The monoisotopic (exact) mass is 406 g/mol. The fourth-order valence-electron chi connectivity index (χ4n) is 2.49. The average Bonchev–Trinajstić information content (AvgIpc) is 2.68. The van der Waals surface area contributed by atoms with E-state index in [-0.39, 0.29) is 11.4 Å². The predicted octanol–water partition coefficient (Wildman–Crippen LogP) is 6.06. The lowest BCUT2D eigenvalue weighted by molar-refractivity contribution is -0.137. The Hall–Kier alpha value is -3.06. The Morgan fingerprint density at radius 1 is 1.07 bits per heavy atom. The molecule has 0 saturated heterocycles. The highest BCUT2D eigenvalue weighted by Crippen LogP contribution is 2.37. The number of hydrogen-bond donors (Lipinski definition) is 0. The Morgan fingerprint density at radius 3 is 2.50 bits per heavy atom. The SMILES string of the molecule is CN(C(=O)Oc1cccc(-c2cccnc2)c1)c1ccc(Cl)c(C(F)(F)F)c1. The predicted molar refractivity (Wildman–Crippen MR) is 101 cm³/mol. The van der Waals surface area contributed by atoms with Crippen molar-refractivity contribution in [3.8, 4) is 16.9 Å². The first-order valence-electron chi connectivity index (χ1n) is 8.08. The van der Waals surface area contributed by atoms with Crippen molar-refractivity contribution in [2.45, 2.75) is 6.18 Å². The minimum atomic E-state index is -4.63. The van der Waals surface area contributed by atoms with E-state index >= 15 is 0 Å². The zero-order valence-corrected chi connectivity index (χ0v) is 15.3. The number of amides is 1. The van der Waals surface area contributed by atoms with E-state index in [4.69, 9.17) is 16.3 Å². The van der Waals surface area contributed by atoms with Gasteiger partial charge in [-0.05, 0) is 42.0 Å². The second-order valence-corrected chi connectivity index (χ2v) is 6.27. The van der Waals surface area contributed by atoms with Crippen molar-refractivity contribution in [1.29, 1.82) is 0 Å². The molecular formula is C20H14ClF3N2O2. The van der Waals surface area contributed by atoms with E-state index in [2.05, 4.69) is 4.98 Å². The van der Waals surface area contributed by atoms with E-state index in [0.717, 1.165) is 28.2 Å². The van der Waals surface area contributed by atoms with Crippen molar-refractivity contribution in [2.75, 3.05) is 11.9 Å². The number of ether oxygens (including phenoxy) is 1. The van der Waals surface area contributed by atoms with Gasteiger partial charge in [0.1, 0.15) is 5.75 Å². The molecule has 0 aliphatic carbocycles. The van der Waals surface area contributed by atoms with Gasteiger partial charge in [0.25, 0.3) is 0 Å². The van der Waals surface area contributed by atoms with Crippen LogP contribution in [0.5, 0.6) is 5.75 Å². The summed E-state index contributed by atoms with van der Waals surface area (Å²) in [6.07, 6.45) is -2.15. The molecule has 0 aliphatic heterocycles. The summed E-state index contributed by atoms with van der Waals surface area (Å²) >= 11 is 5.61. The number of carbonyl (C=O) groups is 1. The van der Waals surface area contributed by atoms with Gasteiger partial charge in [0.2, 0.25) is 0 Å². The van der Waals surface area contributed by atoms with Crippen LogP contribution < -0.4 is 9.64 Å². The Morgan fingerprint density at radius 2 is 1.82 bits per heavy atom. The summed E-state index contributed by atoms with van der Waals surface area (Å²) in [4.78, 5) is 17.4. The largest absolute Gasteiger partial charge is 0.419 e. The van der Waals surface area contributed by atoms with Gasteiger partial charge in [-0.1, -0.05) is 29.8 Å². The first-order chi connectivity index (χ1) is 13.3. The second kappa shape index (κ2) is 7.90. The molecule has 28 heavy (non-hydrogen) atoms. The van der Waals surface area contributed by atoms with Crippen LogP contribution in [0.15, 0.2) is 67.0 Å². The summed E-state index contributed by atoms with van der Waals surface area (Å²) < 4.78 is 44.4. The first-order valence-corrected chi connectivity index (χ1v) is 8.46. The lowest BCUT2D eigenvalue weighted by atomic mass is 10.1. The van der Waals surface area contributed by atoms with Crippen LogP contribution in [0, 0.1) is 0 Å². The molecule has 1 heterocycles. The van der Waals surface area contributed by atoms with E-state index in [1.54, 1.807) is 36.7 Å². The Kier molecular flexibility index (Phi) is 5.56. The van der Waals surface area contributed by atoms with Crippen molar-refractivity contribution in [3.63, 3.8) is 0 Å². The second-order valence-electron chi connectivity index (χ2n) is 5.86. The third-order valence-corrected chi connectivity index (χ3v) is 4.28. The van der Waals surface area contributed by atoms with Gasteiger partial charge in [0, 0.05) is 30.7 Å². The number of nitrogens with zero attached hydrogens (tertiary/aromatic N) is 2. The van der Waals surface area contributed by atoms with Crippen molar-refractivity contribution in [1.82, 2.24) is 4.98 Å². The van der Waals surface area contributed by atoms with Crippen LogP contribution in [-0.2, 0) is 6.18 Å². The summed E-state index contributed by atoms with van der Waals surface area (Å²) in [5.41, 5.74) is 0.600. The smallest absolute Gasteiger partial charge is 0.410 e. The molecule has 144 valence electrons. The number of halogens is 4. The number of alkyl halides is 3. The van der Waals surface area contributed by atoms with Gasteiger partial charge >= 0.3 is 12.3 Å². The first kappa shape index (κ1) is 19.7. The lowest BCUT2D eigenvalue weighted by Gasteiger charge is -2.19. The summed E-state index contributed by atoms with van der Waals surface area (Å²) in [6, 6.07) is 13.6. The van der Waals surface area contributed by atoms with Crippen molar-refractivity contribution in [3.05, 3.63) is 77.6 Å². The maximum absolute atomic E-state index is 13.0. The van der Waals surface area contributed by atoms with Crippen LogP contribution in [0.3, 0.4) is 0 Å². The summed E-state index contributed by atoms with van der Waals surface area (Å²) in [5, 5.41) is -0.442. The summed E-state index contributed by atoms with van der Waals surface area (Å²) in [5.74, 6) is 0.253. The average molecular weight is 407 g/mol. The van der Waals surface area contributed by atoms with Crippen LogP contribution in [0.1, 0.15) is 5.56 Å². The number of hydrogen-bond acceptors (Lipinski definition) is 3. The molecule has 3 aromatic rings. The number of rotatable bonds is 3. The molecular weight excluding hydrogens is 393 g/mol. The molecule has 0 spiro atoms. The van der Waals surface area contributed by atoms with Gasteiger partial charge in [-0.3, -0.25) is 9.88 Å². The fraction of sp³-hybridized carbons (Fsp3) is 0.100. The highest BCUT2D eigenvalue weighted by atomic mass is 35.5. The normalized spacial score (nSPS) is 11.2. The fourth-order valence-corrected chi connectivity index (χ4v) is 2.71. The van der Waals surface area contributed by atoms with Crippen LogP contribution >= 0.6 is 11.6 Å². The van der Waals surface area contributed by atoms with Gasteiger partial charge in [0.05, 0.1) is 10.6 Å². The number of aromatic nitrogens is 1. The van der Waals surface area contributed by atoms with E-state index in [9.17, 15) is 18.0 Å². The standard InChI is InChI=1S/C20H14ClF3N2O2/c1-26(15-7-8-18(21)17(11-15)20(22,23)24)19(27)28-16-6-2-4-13(10-16)14-5-3-9-25-12-14/h2-12H,1H3. The Labute approximate surface area is 164 Å². The number of pyridine rings is 1. The Balaban J connectivity index is 1.80. The van der Waals surface area contributed by atoms with Gasteiger partial charge in [-0.15, -0.1) is 0 Å². The van der Waals surface area contributed by atoms with Crippen LogP contribution in [0.25, 0.3) is 11.1 Å². The van der Waals surface area contributed by atoms with Crippen molar-refractivity contribution < 1.29 is 22.7 Å². The molecule has 4 nitrogen and oxygen atoms in total. The van der Waals surface area contributed by atoms with Crippen LogP contribution in [0.2, 0.25) is 5.02 Å². The number of anilines is 1. The molecule has 1 aromatic heterocycles. The van der Waals surface area contributed by atoms with Crippen LogP contribution in [-0.4, -0.2) is 18.1 Å². The third-order valence-electron chi connectivity index (χ3n) is 3.95. The topological polar surface area (TPSA) is 42.4 Å². The van der Waals surface area contributed by atoms with Gasteiger partial charge < -0.3 is 4.74 Å². The molecule has 0 aliphatic rings. The molecule has 0 radical (unpaired) electrons.